The molecule has 0 spiro atoms. The van der Waals surface area contributed by atoms with E-state index in [0.29, 0.717) is 5.69 Å². The van der Waals surface area contributed by atoms with Crippen LogP contribution < -0.4 is 5.32 Å². The average Bonchev–Trinajstić information content (AvgIpc) is 2.86. The van der Waals surface area contributed by atoms with Gasteiger partial charge in [-0.15, -0.1) is 11.3 Å². The van der Waals surface area contributed by atoms with Crippen molar-refractivity contribution in [3.8, 4) is 17.5 Å². The second-order valence-corrected chi connectivity index (χ2v) is 4.71. The molecule has 2 heterocycles. The van der Waals surface area contributed by atoms with E-state index in [4.69, 9.17) is 5.26 Å². The van der Waals surface area contributed by atoms with Gasteiger partial charge >= 0.3 is 6.18 Å². The summed E-state index contributed by atoms with van der Waals surface area (Å²) in [4.78, 5) is 18.9. The van der Waals surface area contributed by atoms with Gasteiger partial charge in [-0.3, -0.25) is 9.78 Å². The molecule has 2 aromatic heterocycles. The fourth-order valence-corrected chi connectivity index (χ4v) is 2.12. The van der Waals surface area contributed by atoms with E-state index in [0.717, 1.165) is 23.6 Å². The van der Waals surface area contributed by atoms with Gasteiger partial charge in [-0.05, 0) is 12.1 Å². The SMILES string of the molecule is N#CCC(=O)Nc1nc(-c2ccc(C(F)(F)F)cn2)cs1. The summed E-state index contributed by atoms with van der Waals surface area (Å²) in [6.45, 7) is 0. The summed E-state index contributed by atoms with van der Waals surface area (Å²) in [6.07, 6.45) is -4.01. The summed E-state index contributed by atoms with van der Waals surface area (Å²) in [5, 5.41) is 12.6. The van der Waals surface area contributed by atoms with Crippen molar-refractivity contribution >= 4 is 22.4 Å². The number of aromatic nitrogens is 2. The molecule has 1 amide bonds. The highest BCUT2D eigenvalue weighted by Crippen LogP contribution is 2.30. The molecule has 0 unspecified atom stereocenters. The van der Waals surface area contributed by atoms with Crippen molar-refractivity contribution in [2.24, 2.45) is 0 Å². The van der Waals surface area contributed by atoms with E-state index in [1.54, 1.807) is 11.4 Å². The number of nitrogens with one attached hydrogen (secondary N) is 1. The van der Waals surface area contributed by atoms with Gasteiger partial charge in [0.05, 0.1) is 17.3 Å². The molecule has 0 radical (unpaired) electrons. The highest BCUT2D eigenvalue weighted by atomic mass is 32.1. The predicted octanol–water partition coefficient (Wildman–Crippen LogP) is 3.08. The zero-order chi connectivity index (χ0) is 15.5. The monoisotopic (exact) mass is 312 g/mol. The topological polar surface area (TPSA) is 78.7 Å². The number of hydrogen-bond donors (Lipinski definition) is 1. The Morgan fingerprint density at radius 3 is 2.71 bits per heavy atom. The molecule has 9 heteroatoms. The van der Waals surface area contributed by atoms with Crippen LogP contribution in [0.15, 0.2) is 23.7 Å². The van der Waals surface area contributed by atoms with Crippen LogP contribution in [0.3, 0.4) is 0 Å². The van der Waals surface area contributed by atoms with Crippen LogP contribution in [0.2, 0.25) is 0 Å². The second kappa shape index (κ2) is 5.88. The average molecular weight is 312 g/mol. The van der Waals surface area contributed by atoms with Crippen LogP contribution >= 0.6 is 11.3 Å². The lowest BCUT2D eigenvalue weighted by Gasteiger charge is -2.05. The lowest BCUT2D eigenvalue weighted by molar-refractivity contribution is -0.137. The summed E-state index contributed by atoms with van der Waals surface area (Å²) in [5.41, 5.74) is -0.231. The zero-order valence-corrected chi connectivity index (χ0v) is 11.1. The molecular formula is C12H7F3N4OS. The van der Waals surface area contributed by atoms with E-state index in [-0.39, 0.29) is 17.2 Å². The van der Waals surface area contributed by atoms with E-state index in [1.165, 1.54) is 6.07 Å². The summed E-state index contributed by atoms with van der Waals surface area (Å²) >= 11 is 1.09. The van der Waals surface area contributed by atoms with Crippen LogP contribution in [0, 0.1) is 11.3 Å². The second-order valence-electron chi connectivity index (χ2n) is 3.85. The van der Waals surface area contributed by atoms with Crippen molar-refractivity contribution < 1.29 is 18.0 Å². The molecule has 0 aromatic carbocycles. The maximum Gasteiger partial charge on any atom is 0.417 e. The lowest BCUT2D eigenvalue weighted by Crippen LogP contribution is -2.09. The molecule has 5 nitrogen and oxygen atoms in total. The molecule has 0 bridgehead atoms. The number of amides is 1. The maximum absolute atomic E-state index is 12.4. The van der Waals surface area contributed by atoms with Crippen molar-refractivity contribution in [1.82, 2.24) is 9.97 Å². The van der Waals surface area contributed by atoms with Crippen LogP contribution in [-0.2, 0) is 11.0 Å². The molecule has 108 valence electrons. The molecule has 1 N–H and O–H groups in total. The predicted molar refractivity (Wildman–Crippen MR) is 69.2 cm³/mol. The Balaban J connectivity index is 2.15. The lowest BCUT2D eigenvalue weighted by atomic mass is 10.2. The number of pyridine rings is 1. The third kappa shape index (κ3) is 3.76. The molecule has 0 aliphatic heterocycles. The number of rotatable bonds is 3. The Hall–Kier alpha value is -2.47. The third-order valence-electron chi connectivity index (χ3n) is 2.34. The molecule has 0 fully saturated rings. The summed E-state index contributed by atoms with van der Waals surface area (Å²) < 4.78 is 37.2. The number of carbonyl (C=O) groups excluding carboxylic acids is 1. The number of carbonyl (C=O) groups is 1. The van der Waals surface area contributed by atoms with Crippen LogP contribution in [0.1, 0.15) is 12.0 Å². The van der Waals surface area contributed by atoms with Crippen molar-refractivity contribution in [3.05, 3.63) is 29.3 Å². The van der Waals surface area contributed by atoms with Gasteiger partial charge < -0.3 is 5.32 Å². The van der Waals surface area contributed by atoms with Crippen LogP contribution in [-0.4, -0.2) is 15.9 Å². The minimum absolute atomic E-state index is 0.256. The van der Waals surface area contributed by atoms with Crippen molar-refractivity contribution in [2.45, 2.75) is 12.6 Å². The highest BCUT2D eigenvalue weighted by Gasteiger charge is 2.30. The third-order valence-corrected chi connectivity index (χ3v) is 3.10. The summed E-state index contributed by atoms with van der Waals surface area (Å²) in [5.74, 6) is -0.501. The number of alkyl halides is 3. The van der Waals surface area contributed by atoms with Gasteiger partial charge in [0, 0.05) is 11.6 Å². The Bertz CT molecular complexity index is 688. The van der Waals surface area contributed by atoms with Gasteiger partial charge in [0.2, 0.25) is 5.91 Å². The largest absolute Gasteiger partial charge is 0.417 e. The van der Waals surface area contributed by atoms with E-state index in [2.05, 4.69) is 15.3 Å². The van der Waals surface area contributed by atoms with Crippen LogP contribution in [0.4, 0.5) is 18.3 Å². The van der Waals surface area contributed by atoms with Gasteiger partial charge in [0.25, 0.3) is 0 Å². The Morgan fingerprint density at radius 1 is 1.38 bits per heavy atom. The standard InChI is InChI=1S/C12H7F3N4OS/c13-12(14,15)7-1-2-8(17-5-7)9-6-21-11(18-9)19-10(20)3-4-16/h1-2,5-6H,3H2,(H,18,19,20). The van der Waals surface area contributed by atoms with Gasteiger partial charge in [-0.1, -0.05) is 0 Å². The number of thiazole rings is 1. The number of hydrogen-bond acceptors (Lipinski definition) is 5. The highest BCUT2D eigenvalue weighted by molar-refractivity contribution is 7.14. The first-order chi connectivity index (χ1) is 9.90. The maximum atomic E-state index is 12.4. The van der Waals surface area contributed by atoms with Gasteiger partial charge in [-0.2, -0.15) is 18.4 Å². The Kier molecular flexibility index (Phi) is 4.18. The van der Waals surface area contributed by atoms with Gasteiger partial charge in [-0.25, -0.2) is 4.98 Å². The number of anilines is 1. The Morgan fingerprint density at radius 2 is 2.14 bits per heavy atom. The summed E-state index contributed by atoms with van der Waals surface area (Å²) in [6, 6.07) is 3.81. The molecular weight excluding hydrogens is 305 g/mol. The first-order valence-electron chi connectivity index (χ1n) is 5.56. The molecule has 2 rings (SSSR count). The molecule has 2 aromatic rings. The van der Waals surface area contributed by atoms with Gasteiger partial charge in [0.15, 0.2) is 5.13 Å². The van der Waals surface area contributed by atoms with Crippen molar-refractivity contribution in [3.63, 3.8) is 0 Å². The van der Waals surface area contributed by atoms with E-state index < -0.39 is 17.6 Å². The molecule has 0 atom stereocenters. The first-order valence-corrected chi connectivity index (χ1v) is 6.44. The molecule has 0 aliphatic carbocycles. The molecule has 0 saturated heterocycles. The molecule has 21 heavy (non-hydrogen) atoms. The van der Waals surface area contributed by atoms with Crippen molar-refractivity contribution in [1.29, 1.82) is 5.26 Å². The fourth-order valence-electron chi connectivity index (χ4n) is 1.40. The normalized spacial score (nSPS) is 11.0. The zero-order valence-electron chi connectivity index (χ0n) is 10.3. The number of nitriles is 1. The molecule has 0 aliphatic rings. The van der Waals surface area contributed by atoms with Gasteiger partial charge in [0.1, 0.15) is 12.1 Å². The smallest absolute Gasteiger partial charge is 0.301 e. The minimum Gasteiger partial charge on any atom is -0.301 e. The number of nitrogens with zero attached hydrogens (tertiary/aromatic N) is 3. The van der Waals surface area contributed by atoms with E-state index in [1.807, 2.05) is 0 Å². The first kappa shape index (κ1) is 14.9. The minimum atomic E-state index is -4.44. The van der Waals surface area contributed by atoms with Crippen LogP contribution in [0.5, 0.6) is 0 Å². The fraction of sp³-hybridized carbons (Fsp3) is 0.167. The van der Waals surface area contributed by atoms with Crippen LogP contribution in [0.25, 0.3) is 11.4 Å². The molecule has 0 saturated carbocycles. The Labute approximate surface area is 121 Å². The van der Waals surface area contributed by atoms with Crippen molar-refractivity contribution in [2.75, 3.05) is 5.32 Å². The quantitative estimate of drug-likeness (QED) is 0.944. The summed E-state index contributed by atoms with van der Waals surface area (Å²) in [7, 11) is 0. The van der Waals surface area contributed by atoms with E-state index >= 15 is 0 Å². The number of halogens is 3. The van der Waals surface area contributed by atoms with E-state index in [9.17, 15) is 18.0 Å².